The molecule has 2 aromatic rings. The van der Waals surface area contributed by atoms with Gasteiger partial charge in [-0.2, -0.15) is 0 Å². The van der Waals surface area contributed by atoms with E-state index in [0.29, 0.717) is 45.6 Å². The van der Waals surface area contributed by atoms with Crippen molar-refractivity contribution in [1.82, 2.24) is 9.80 Å². The van der Waals surface area contributed by atoms with E-state index in [1.165, 1.54) is 5.56 Å². The second kappa shape index (κ2) is 11.6. The molecule has 0 spiro atoms. The maximum Gasteiger partial charge on any atom is 0.260 e. The van der Waals surface area contributed by atoms with Crippen molar-refractivity contribution in [3.8, 4) is 11.5 Å². The molecular formula is C26H34N2O4. The average Bonchev–Trinajstić information content (AvgIpc) is 3.05. The molecule has 6 heteroatoms. The van der Waals surface area contributed by atoms with E-state index in [1.54, 1.807) is 4.90 Å². The van der Waals surface area contributed by atoms with E-state index in [0.717, 1.165) is 29.0 Å². The molecule has 1 fully saturated rings. The second-order valence-electron chi connectivity index (χ2n) is 8.37. The minimum Gasteiger partial charge on any atom is -0.494 e. The van der Waals surface area contributed by atoms with Gasteiger partial charge in [-0.25, -0.2) is 0 Å². The molecule has 6 nitrogen and oxygen atoms in total. The molecule has 1 aliphatic rings. The first kappa shape index (κ1) is 23.6. The summed E-state index contributed by atoms with van der Waals surface area (Å²) in [5.41, 5.74) is 3.39. The number of ether oxygens (including phenoxy) is 2. The van der Waals surface area contributed by atoms with Gasteiger partial charge in [-0.3, -0.25) is 9.59 Å². The first-order valence-corrected chi connectivity index (χ1v) is 11.4. The topological polar surface area (TPSA) is 59.1 Å². The van der Waals surface area contributed by atoms with Crippen LogP contribution in [0.1, 0.15) is 36.0 Å². The number of carbonyl (C=O) groups excluding carboxylic acids is 2. The molecule has 0 radical (unpaired) electrons. The number of amides is 2. The maximum atomic E-state index is 12.6. The highest BCUT2D eigenvalue weighted by Gasteiger charge is 2.22. The molecule has 0 aromatic heterocycles. The van der Waals surface area contributed by atoms with E-state index in [4.69, 9.17) is 9.47 Å². The number of carbonyl (C=O) groups is 2. The molecule has 1 aliphatic heterocycles. The van der Waals surface area contributed by atoms with Crippen molar-refractivity contribution in [1.29, 1.82) is 0 Å². The fourth-order valence-corrected chi connectivity index (χ4v) is 3.73. The molecule has 0 aliphatic carbocycles. The van der Waals surface area contributed by atoms with E-state index in [9.17, 15) is 9.59 Å². The van der Waals surface area contributed by atoms with Crippen LogP contribution in [0.3, 0.4) is 0 Å². The SMILES string of the molecule is Cc1ccc(OCCCC(=O)N2CCCN(C(=O)COc3cccc(C)c3C)CC2)cc1. The van der Waals surface area contributed by atoms with E-state index in [1.807, 2.05) is 68.1 Å². The minimum absolute atomic E-state index is 0.0224. The summed E-state index contributed by atoms with van der Waals surface area (Å²) >= 11 is 0. The highest BCUT2D eigenvalue weighted by Crippen LogP contribution is 2.20. The summed E-state index contributed by atoms with van der Waals surface area (Å²) in [6.07, 6.45) is 1.91. The monoisotopic (exact) mass is 438 g/mol. The van der Waals surface area contributed by atoms with Gasteiger partial charge < -0.3 is 19.3 Å². The summed E-state index contributed by atoms with van der Waals surface area (Å²) in [5, 5.41) is 0. The van der Waals surface area contributed by atoms with Crippen molar-refractivity contribution < 1.29 is 19.1 Å². The molecule has 1 saturated heterocycles. The Morgan fingerprint density at radius 2 is 1.53 bits per heavy atom. The Balaban J connectivity index is 1.38. The standard InChI is InChI=1S/C26H34N2O4/c1-20-10-12-23(13-11-20)31-18-5-9-25(29)27-14-6-15-28(17-16-27)26(30)19-32-24-8-4-7-21(2)22(24)3/h4,7-8,10-13H,5-6,9,14-19H2,1-3H3. The predicted molar refractivity (Wildman–Crippen MR) is 125 cm³/mol. The number of hydrogen-bond donors (Lipinski definition) is 0. The van der Waals surface area contributed by atoms with Crippen LogP contribution in [0.4, 0.5) is 0 Å². The molecule has 0 atom stereocenters. The number of benzene rings is 2. The quantitative estimate of drug-likeness (QED) is 0.587. The molecule has 2 amide bonds. The maximum absolute atomic E-state index is 12.6. The number of hydrogen-bond acceptors (Lipinski definition) is 4. The largest absolute Gasteiger partial charge is 0.494 e. The fourth-order valence-electron chi connectivity index (χ4n) is 3.73. The summed E-state index contributed by atoms with van der Waals surface area (Å²) in [4.78, 5) is 28.9. The lowest BCUT2D eigenvalue weighted by Gasteiger charge is -2.22. The van der Waals surface area contributed by atoms with Crippen LogP contribution >= 0.6 is 0 Å². The third-order valence-corrected chi connectivity index (χ3v) is 5.93. The zero-order chi connectivity index (χ0) is 22.9. The van der Waals surface area contributed by atoms with Gasteiger partial charge in [0.25, 0.3) is 5.91 Å². The molecule has 0 N–H and O–H groups in total. The van der Waals surface area contributed by atoms with Gasteiger partial charge in [0.2, 0.25) is 5.91 Å². The summed E-state index contributed by atoms with van der Waals surface area (Å²) in [7, 11) is 0. The van der Waals surface area contributed by atoms with Gasteiger partial charge in [-0.15, -0.1) is 0 Å². The minimum atomic E-state index is -0.0355. The molecule has 2 aromatic carbocycles. The number of aryl methyl sites for hydroxylation is 2. The van der Waals surface area contributed by atoms with Crippen molar-refractivity contribution in [2.75, 3.05) is 39.4 Å². The molecule has 1 heterocycles. The van der Waals surface area contributed by atoms with E-state index in [-0.39, 0.29) is 18.4 Å². The van der Waals surface area contributed by atoms with Crippen LogP contribution in [0, 0.1) is 20.8 Å². The number of rotatable bonds is 8. The van der Waals surface area contributed by atoms with Crippen molar-refractivity contribution in [3.63, 3.8) is 0 Å². The van der Waals surface area contributed by atoms with Crippen molar-refractivity contribution in [3.05, 3.63) is 59.2 Å². The van der Waals surface area contributed by atoms with E-state index < -0.39 is 0 Å². The van der Waals surface area contributed by atoms with Crippen molar-refractivity contribution in [2.45, 2.75) is 40.0 Å². The summed E-state index contributed by atoms with van der Waals surface area (Å²) in [5.74, 6) is 1.66. The second-order valence-corrected chi connectivity index (χ2v) is 8.37. The van der Waals surface area contributed by atoms with E-state index in [2.05, 4.69) is 0 Å². The average molecular weight is 439 g/mol. The first-order chi connectivity index (χ1) is 15.4. The van der Waals surface area contributed by atoms with E-state index >= 15 is 0 Å². The normalized spacial score (nSPS) is 14.1. The van der Waals surface area contributed by atoms with Gasteiger partial charge in [-0.1, -0.05) is 29.8 Å². The summed E-state index contributed by atoms with van der Waals surface area (Å²) in [6, 6.07) is 13.8. The van der Waals surface area contributed by atoms with Crippen LogP contribution in [0.5, 0.6) is 11.5 Å². The molecule has 0 unspecified atom stereocenters. The van der Waals surface area contributed by atoms with Crippen LogP contribution in [-0.4, -0.2) is 61.0 Å². The lowest BCUT2D eigenvalue weighted by Crippen LogP contribution is -2.39. The Kier molecular flexibility index (Phi) is 8.54. The fraction of sp³-hybridized carbons (Fsp3) is 0.462. The van der Waals surface area contributed by atoms with Gasteiger partial charge in [0.15, 0.2) is 6.61 Å². The van der Waals surface area contributed by atoms with Gasteiger partial charge >= 0.3 is 0 Å². The number of nitrogens with zero attached hydrogens (tertiary/aromatic N) is 2. The molecule has 172 valence electrons. The summed E-state index contributed by atoms with van der Waals surface area (Å²) in [6.45, 7) is 9.03. The van der Waals surface area contributed by atoms with Crippen LogP contribution in [0.25, 0.3) is 0 Å². The van der Waals surface area contributed by atoms with Crippen molar-refractivity contribution in [2.24, 2.45) is 0 Å². The molecule has 3 rings (SSSR count). The Labute approximate surface area is 191 Å². The zero-order valence-electron chi connectivity index (χ0n) is 19.4. The molecule has 32 heavy (non-hydrogen) atoms. The predicted octanol–water partition coefficient (Wildman–Crippen LogP) is 3.91. The Morgan fingerprint density at radius 1 is 0.844 bits per heavy atom. The lowest BCUT2D eigenvalue weighted by molar-refractivity contribution is -0.134. The lowest BCUT2D eigenvalue weighted by atomic mass is 10.1. The zero-order valence-corrected chi connectivity index (χ0v) is 19.4. The van der Waals surface area contributed by atoms with Crippen LogP contribution in [-0.2, 0) is 9.59 Å². The Bertz CT molecular complexity index is 911. The third-order valence-electron chi connectivity index (χ3n) is 5.93. The Morgan fingerprint density at radius 3 is 2.25 bits per heavy atom. The highest BCUT2D eigenvalue weighted by molar-refractivity contribution is 5.78. The third kappa shape index (κ3) is 6.74. The van der Waals surface area contributed by atoms with Gasteiger partial charge in [0.05, 0.1) is 6.61 Å². The molecular weight excluding hydrogens is 404 g/mol. The van der Waals surface area contributed by atoms with Gasteiger partial charge in [0.1, 0.15) is 11.5 Å². The first-order valence-electron chi connectivity index (χ1n) is 11.4. The Hall–Kier alpha value is -3.02. The molecule has 0 saturated carbocycles. The van der Waals surface area contributed by atoms with Crippen LogP contribution in [0.2, 0.25) is 0 Å². The van der Waals surface area contributed by atoms with Gasteiger partial charge in [-0.05, 0) is 62.9 Å². The smallest absolute Gasteiger partial charge is 0.260 e. The summed E-state index contributed by atoms with van der Waals surface area (Å²) < 4.78 is 11.5. The van der Waals surface area contributed by atoms with Crippen molar-refractivity contribution >= 4 is 11.8 Å². The van der Waals surface area contributed by atoms with Gasteiger partial charge in [0, 0.05) is 32.6 Å². The van der Waals surface area contributed by atoms with Crippen LogP contribution in [0.15, 0.2) is 42.5 Å². The highest BCUT2D eigenvalue weighted by atomic mass is 16.5. The van der Waals surface area contributed by atoms with Crippen LogP contribution < -0.4 is 9.47 Å². The molecule has 0 bridgehead atoms.